The maximum atomic E-state index is 12.5. The van der Waals surface area contributed by atoms with Crippen molar-refractivity contribution < 1.29 is 9.53 Å². The summed E-state index contributed by atoms with van der Waals surface area (Å²) in [7, 11) is 0. The highest BCUT2D eigenvalue weighted by Crippen LogP contribution is 2.38. The van der Waals surface area contributed by atoms with Crippen LogP contribution in [-0.4, -0.2) is 17.0 Å². The fraction of sp³-hybridized carbons (Fsp3) is 0.478. The van der Waals surface area contributed by atoms with Gasteiger partial charge in [0.25, 0.3) is 0 Å². The van der Waals surface area contributed by atoms with Crippen LogP contribution in [0, 0.1) is 0 Å². The summed E-state index contributed by atoms with van der Waals surface area (Å²) in [5.41, 5.74) is 2.82. The zero-order valence-corrected chi connectivity index (χ0v) is 17.0. The molecule has 1 saturated heterocycles. The van der Waals surface area contributed by atoms with Gasteiger partial charge in [-0.15, -0.1) is 0 Å². The average Bonchev–Trinajstić information content (AvgIpc) is 2.90. The SMILES string of the molecule is CCCc1cccc(NC2CC(C)(c3ccc(C(C)(C)C)cc3)OC2=O)n1. The minimum Gasteiger partial charge on any atom is -0.453 e. The number of ether oxygens (including phenoxy) is 1. The Kier molecular flexibility index (Phi) is 5.27. The van der Waals surface area contributed by atoms with E-state index in [2.05, 4.69) is 62.3 Å². The van der Waals surface area contributed by atoms with Crippen molar-refractivity contribution in [2.45, 2.75) is 70.9 Å². The third-order valence-corrected chi connectivity index (χ3v) is 5.20. The first-order valence-electron chi connectivity index (χ1n) is 9.77. The van der Waals surface area contributed by atoms with Gasteiger partial charge in [0.2, 0.25) is 0 Å². The smallest absolute Gasteiger partial charge is 0.329 e. The molecule has 1 aliphatic heterocycles. The Morgan fingerprint density at radius 3 is 2.52 bits per heavy atom. The van der Waals surface area contributed by atoms with Crippen molar-refractivity contribution in [2.75, 3.05) is 5.32 Å². The molecule has 2 heterocycles. The number of aromatic nitrogens is 1. The van der Waals surface area contributed by atoms with Gasteiger partial charge in [-0.2, -0.15) is 0 Å². The minimum atomic E-state index is -0.619. The molecule has 1 aromatic carbocycles. The fourth-order valence-electron chi connectivity index (χ4n) is 3.55. The predicted molar refractivity (Wildman–Crippen MR) is 109 cm³/mol. The summed E-state index contributed by atoms with van der Waals surface area (Å²) in [6, 6.07) is 13.9. The number of esters is 1. The molecule has 1 aliphatic rings. The van der Waals surface area contributed by atoms with E-state index in [0.29, 0.717) is 6.42 Å². The summed E-state index contributed by atoms with van der Waals surface area (Å²) in [5.74, 6) is 0.510. The van der Waals surface area contributed by atoms with Crippen LogP contribution in [0.2, 0.25) is 0 Å². The van der Waals surface area contributed by atoms with Gasteiger partial charge in [-0.25, -0.2) is 9.78 Å². The van der Waals surface area contributed by atoms with Gasteiger partial charge in [0.05, 0.1) is 0 Å². The number of aryl methyl sites for hydroxylation is 1. The summed E-state index contributed by atoms with van der Waals surface area (Å²) in [4.78, 5) is 17.1. The van der Waals surface area contributed by atoms with Gasteiger partial charge in [0, 0.05) is 12.1 Å². The van der Waals surface area contributed by atoms with E-state index in [4.69, 9.17) is 4.74 Å². The maximum absolute atomic E-state index is 12.5. The molecule has 2 atom stereocenters. The first-order valence-corrected chi connectivity index (χ1v) is 9.77. The Morgan fingerprint density at radius 2 is 1.89 bits per heavy atom. The number of benzene rings is 1. The van der Waals surface area contributed by atoms with Crippen molar-refractivity contribution in [3.05, 3.63) is 59.3 Å². The normalized spacial score (nSPS) is 22.6. The molecular weight excluding hydrogens is 336 g/mol. The lowest BCUT2D eigenvalue weighted by Crippen LogP contribution is -2.25. The second-order valence-electron chi connectivity index (χ2n) is 8.64. The van der Waals surface area contributed by atoms with Crippen LogP contribution in [0.4, 0.5) is 5.82 Å². The van der Waals surface area contributed by atoms with E-state index in [0.717, 1.165) is 29.9 Å². The third-order valence-electron chi connectivity index (χ3n) is 5.20. The average molecular weight is 367 g/mol. The molecule has 1 fully saturated rings. The Hall–Kier alpha value is -2.36. The summed E-state index contributed by atoms with van der Waals surface area (Å²) >= 11 is 0. The number of nitrogens with zero attached hydrogens (tertiary/aromatic N) is 1. The molecule has 0 amide bonds. The highest BCUT2D eigenvalue weighted by molar-refractivity contribution is 5.82. The van der Waals surface area contributed by atoms with Crippen LogP contribution in [0.3, 0.4) is 0 Å². The molecular formula is C23H30N2O2. The number of hydrogen-bond donors (Lipinski definition) is 1. The van der Waals surface area contributed by atoms with Gasteiger partial charge in [-0.3, -0.25) is 0 Å². The van der Waals surface area contributed by atoms with Crippen LogP contribution in [0.15, 0.2) is 42.5 Å². The lowest BCUT2D eigenvalue weighted by molar-refractivity contribution is -0.148. The number of cyclic esters (lactones) is 1. The second kappa shape index (κ2) is 7.34. The molecule has 2 aromatic rings. The lowest BCUT2D eigenvalue weighted by atomic mass is 9.84. The highest BCUT2D eigenvalue weighted by atomic mass is 16.6. The van der Waals surface area contributed by atoms with Crippen LogP contribution < -0.4 is 5.32 Å². The Bertz CT molecular complexity index is 808. The zero-order chi connectivity index (χ0) is 19.7. The molecule has 0 saturated carbocycles. The van der Waals surface area contributed by atoms with Crippen molar-refractivity contribution in [2.24, 2.45) is 0 Å². The van der Waals surface area contributed by atoms with Gasteiger partial charge in [-0.05, 0) is 42.0 Å². The molecule has 0 bridgehead atoms. The molecule has 4 heteroatoms. The molecule has 0 radical (unpaired) electrons. The quantitative estimate of drug-likeness (QED) is 0.759. The van der Waals surface area contributed by atoms with Crippen LogP contribution >= 0.6 is 0 Å². The van der Waals surface area contributed by atoms with Gasteiger partial charge in [-0.1, -0.05) is 64.4 Å². The van der Waals surface area contributed by atoms with Crippen LogP contribution in [0.1, 0.15) is 64.3 Å². The van der Waals surface area contributed by atoms with Crippen LogP contribution in [0.5, 0.6) is 0 Å². The van der Waals surface area contributed by atoms with E-state index >= 15 is 0 Å². The van der Waals surface area contributed by atoms with Crippen molar-refractivity contribution in [3.63, 3.8) is 0 Å². The van der Waals surface area contributed by atoms with Crippen molar-refractivity contribution in [3.8, 4) is 0 Å². The van der Waals surface area contributed by atoms with Gasteiger partial charge < -0.3 is 10.1 Å². The summed E-state index contributed by atoms with van der Waals surface area (Å²) in [6.45, 7) is 10.7. The van der Waals surface area contributed by atoms with E-state index in [1.807, 2.05) is 25.1 Å². The van der Waals surface area contributed by atoms with Crippen LogP contribution in [-0.2, 0) is 27.0 Å². The fourth-order valence-corrected chi connectivity index (χ4v) is 3.55. The number of carbonyl (C=O) groups excluding carboxylic acids is 1. The van der Waals surface area contributed by atoms with Crippen molar-refractivity contribution >= 4 is 11.8 Å². The maximum Gasteiger partial charge on any atom is 0.329 e. The van der Waals surface area contributed by atoms with Gasteiger partial charge >= 0.3 is 5.97 Å². The summed E-state index contributed by atoms with van der Waals surface area (Å²) in [5, 5.41) is 3.26. The largest absolute Gasteiger partial charge is 0.453 e. The van der Waals surface area contributed by atoms with E-state index in [1.54, 1.807) is 0 Å². The van der Waals surface area contributed by atoms with Crippen LogP contribution in [0.25, 0.3) is 0 Å². The summed E-state index contributed by atoms with van der Waals surface area (Å²) in [6.07, 6.45) is 2.56. The topological polar surface area (TPSA) is 51.2 Å². The lowest BCUT2D eigenvalue weighted by Gasteiger charge is -2.25. The van der Waals surface area contributed by atoms with Crippen molar-refractivity contribution in [1.82, 2.24) is 4.98 Å². The molecule has 0 aliphatic carbocycles. The van der Waals surface area contributed by atoms with E-state index in [-0.39, 0.29) is 17.4 Å². The number of anilines is 1. The molecule has 144 valence electrons. The zero-order valence-electron chi connectivity index (χ0n) is 17.0. The Balaban J connectivity index is 1.75. The van der Waals surface area contributed by atoms with E-state index in [1.165, 1.54) is 5.56 Å². The monoisotopic (exact) mass is 366 g/mol. The number of carbonyl (C=O) groups is 1. The standard InChI is InChI=1S/C23H30N2O2/c1-6-8-18-9-7-10-20(24-18)25-19-15-23(5,27-21(19)26)17-13-11-16(12-14-17)22(2,3)4/h7,9-14,19H,6,8,15H2,1-5H3,(H,24,25). The molecule has 2 unspecified atom stereocenters. The first kappa shape index (κ1) is 19.4. The molecule has 1 aromatic heterocycles. The first-order chi connectivity index (χ1) is 12.7. The molecule has 0 spiro atoms. The Morgan fingerprint density at radius 1 is 1.19 bits per heavy atom. The molecule has 4 nitrogen and oxygen atoms in total. The van der Waals surface area contributed by atoms with E-state index < -0.39 is 5.60 Å². The minimum absolute atomic E-state index is 0.102. The van der Waals surface area contributed by atoms with Crippen molar-refractivity contribution in [1.29, 1.82) is 0 Å². The number of hydrogen-bond acceptors (Lipinski definition) is 4. The number of rotatable bonds is 5. The highest BCUT2D eigenvalue weighted by Gasteiger charge is 2.44. The Labute approximate surface area is 162 Å². The number of pyridine rings is 1. The molecule has 1 N–H and O–H groups in total. The molecule has 3 rings (SSSR count). The predicted octanol–water partition coefficient (Wildman–Crippen LogP) is 4.97. The number of nitrogens with one attached hydrogen (secondary N) is 1. The van der Waals surface area contributed by atoms with Gasteiger partial charge in [0.1, 0.15) is 17.5 Å². The van der Waals surface area contributed by atoms with E-state index in [9.17, 15) is 4.79 Å². The third kappa shape index (κ3) is 4.32. The van der Waals surface area contributed by atoms with Gasteiger partial charge in [0.15, 0.2) is 0 Å². The second-order valence-corrected chi connectivity index (χ2v) is 8.64. The molecule has 27 heavy (non-hydrogen) atoms. The summed E-state index contributed by atoms with van der Waals surface area (Å²) < 4.78 is 5.79.